The number of benzene rings is 4. The number of aromatic hydroxyl groups is 2. The molecule has 0 aliphatic carbocycles. The number of carboxylic acid groups (broad SMARTS) is 1. The lowest BCUT2D eigenvalue weighted by molar-refractivity contribution is -0.123. The van der Waals surface area contributed by atoms with Crippen LogP contribution >= 0.6 is 0 Å². The van der Waals surface area contributed by atoms with Crippen LogP contribution in [0.5, 0.6) is 23.0 Å². The number of phenols is 2. The fourth-order valence-corrected chi connectivity index (χ4v) is 4.99. The molecule has 0 fully saturated rings. The smallest absolute Gasteiger partial charge is 0.339 e. The molecule has 4 aromatic rings. The Kier molecular flexibility index (Phi) is 12.8. The summed E-state index contributed by atoms with van der Waals surface area (Å²) < 4.78 is 10.3. The van der Waals surface area contributed by atoms with Crippen LogP contribution in [0.3, 0.4) is 0 Å². The number of carbonyl (C=O) groups excluding carboxylic acids is 5. The third-order valence-electron chi connectivity index (χ3n) is 8.06. The fraction of sp³-hybridized carbons (Fsp3) is 0.205. The van der Waals surface area contributed by atoms with Gasteiger partial charge in [-0.15, -0.1) is 0 Å². The zero-order valence-electron chi connectivity index (χ0n) is 30.8. The van der Waals surface area contributed by atoms with Gasteiger partial charge in [-0.3, -0.25) is 24.0 Å². The first kappa shape index (κ1) is 41.2. The van der Waals surface area contributed by atoms with E-state index in [0.29, 0.717) is 5.69 Å². The summed E-state index contributed by atoms with van der Waals surface area (Å²) >= 11 is 0. The van der Waals surface area contributed by atoms with Crippen molar-refractivity contribution in [1.29, 1.82) is 5.26 Å². The number of phenolic OH excluding ortho intramolecular Hbond substituents is 1. The van der Waals surface area contributed by atoms with Crippen LogP contribution in [0.1, 0.15) is 68.6 Å². The number of anilines is 4. The van der Waals surface area contributed by atoms with Gasteiger partial charge in [-0.25, -0.2) is 4.79 Å². The van der Waals surface area contributed by atoms with E-state index in [1.54, 1.807) is 32.9 Å². The van der Waals surface area contributed by atoms with Gasteiger partial charge in [0, 0.05) is 27.9 Å². The van der Waals surface area contributed by atoms with Crippen molar-refractivity contribution in [2.24, 2.45) is 5.41 Å². The summed E-state index contributed by atoms with van der Waals surface area (Å²) in [4.78, 5) is 75.8. The quantitative estimate of drug-likeness (QED) is 0.0898. The predicted octanol–water partition coefficient (Wildman–Crippen LogP) is 4.95. The highest BCUT2D eigenvalue weighted by atomic mass is 16.5. The Hall–Kier alpha value is -7.61. The molecule has 0 aliphatic rings. The average Bonchev–Trinajstić information content (AvgIpc) is 3.14. The number of carbonyl (C=O) groups is 6. The summed E-state index contributed by atoms with van der Waals surface area (Å²) in [5.74, 6) is -6.44. The molecule has 0 saturated heterocycles. The number of hydrogen-bond acceptors (Lipinski definition) is 11. The lowest BCUT2D eigenvalue weighted by Gasteiger charge is -2.18. The topological polar surface area (TPSA) is 266 Å². The maximum Gasteiger partial charge on any atom is 0.339 e. The molecule has 4 rings (SSSR count). The highest BCUT2D eigenvalue weighted by Gasteiger charge is 2.25. The fourth-order valence-electron chi connectivity index (χ4n) is 4.99. The van der Waals surface area contributed by atoms with Gasteiger partial charge in [-0.05, 0) is 72.8 Å². The number of nitrogens with zero attached hydrogens (tertiary/aromatic N) is 1. The van der Waals surface area contributed by atoms with Crippen LogP contribution in [0.25, 0.3) is 0 Å². The molecule has 290 valence electrons. The van der Waals surface area contributed by atoms with E-state index in [2.05, 4.69) is 26.6 Å². The lowest BCUT2D eigenvalue weighted by Crippen LogP contribution is -2.43. The molecule has 17 heteroatoms. The van der Waals surface area contributed by atoms with Crippen LogP contribution in [0, 0.1) is 16.7 Å². The van der Waals surface area contributed by atoms with Crippen molar-refractivity contribution in [2.75, 3.05) is 35.5 Å². The van der Waals surface area contributed by atoms with Gasteiger partial charge in [0.25, 0.3) is 17.7 Å². The van der Waals surface area contributed by atoms with Crippen molar-refractivity contribution in [3.8, 4) is 29.1 Å². The molecule has 0 heterocycles. The number of hydrogen-bond donors (Lipinski definition) is 8. The van der Waals surface area contributed by atoms with E-state index in [1.165, 1.54) is 61.7 Å². The van der Waals surface area contributed by atoms with Crippen molar-refractivity contribution in [2.45, 2.75) is 33.2 Å². The molecule has 0 radical (unpaired) electrons. The van der Waals surface area contributed by atoms with E-state index in [0.717, 1.165) is 13.2 Å². The van der Waals surface area contributed by atoms with Crippen LogP contribution in [0.4, 0.5) is 22.7 Å². The Morgan fingerprint density at radius 2 is 1.12 bits per heavy atom. The Morgan fingerprint density at radius 3 is 1.61 bits per heavy atom. The number of rotatable bonds is 13. The zero-order chi connectivity index (χ0) is 41.3. The van der Waals surface area contributed by atoms with Gasteiger partial charge in [-0.2, -0.15) is 5.26 Å². The summed E-state index contributed by atoms with van der Waals surface area (Å²) in [6, 6.07) is 17.0. The number of nitrogens with one attached hydrogen (secondary N) is 5. The largest absolute Gasteiger partial charge is 0.504 e. The Labute approximate surface area is 320 Å². The molecule has 0 aliphatic heterocycles. The summed E-state index contributed by atoms with van der Waals surface area (Å²) in [6.07, 6.45) is -0.343. The van der Waals surface area contributed by atoms with Crippen LogP contribution in [0.15, 0.2) is 72.8 Å². The standard InChI is InChI=1S/C39H38N6O11/c1-39(2,3)38(54)42-23-12-8-21(9-13-23)34(49)45-28(18-19-40)36(51)41-22-10-6-20(7-11-22)33(48)43-26-16-14-24(29(46)31(26)55-4)35(50)44-27-17-15-25(37(52)53)30(47)32(27)56-5/h6-17,28,46-47H,18H2,1-5H3,(H,41,51)(H,42,54)(H,43,48)(H,44,50)(H,45,49)(H,52,53)/t28-/m0/s1. The average molecular weight is 767 g/mol. The summed E-state index contributed by atoms with van der Waals surface area (Å²) in [6.45, 7) is 5.29. The minimum atomic E-state index is -1.42. The maximum atomic E-state index is 13.1. The Morgan fingerprint density at radius 1 is 0.661 bits per heavy atom. The third kappa shape index (κ3) is 9.68. The van der Waals surface area contributed by atoms with E-state index in [9.17, 15) is 49.3 Å². The SMILES string of the molecule is COc1c(NC(=O)c2ccc(NC(=O)c3ccc(NC(=O)[C@H](CC#N)NC(=O)c4ccc(NC(=O)C(C)(C)C)cc4)cc3)c(OC)c2O)ccc(C(=O)O)c1O. The number of methoxy groups -OCH3 is 2. The van der Waals surface area contributed by atoms with E-state index in [-0.39, 0.29) is 57.6 Å². The van der Waals surface area contributed by atoms with E-state index < -0.39 is 58.1 Å². The lowest BCUT2D eigenvalue weighted by atomic mass is 9.95. The second-order valence-electron chi connectivity index (χ2n) is 13.0. The molecule has 0 aromatic heterocycles. The number of nitriles is 1. The highest BCUT2D eigenvalue weighted by molar-refractivity contribution is 6.10. The van der Waals surface area contributed by atoms with Gasteiger partial charge in [0.15, 0.2) is 23.0 Å². The van der Waals surface area contributed by atoms with E-state index in [4.69, 9.17) is 9.47 Å². The van der Waals surface area contributed by atoms with Crippen molar-refractivity contribution >= 4 is 58.3 Å². The summed E-state index contributed by atoms with van der Waals surface area (Å²) in [7, 11) is 2.36. The first-order valence-corrected chi connectivity index (χ1v) is 16.6. The molecule has 5 amide bonds. The third-order valence-corrected chi connectivity index (χ3v) is 8.06. The summed E-state index contributed by atoms with van der Waals surface area (Å²) in [5, 5.41) is 52.6. The molecule has 0 saturated carbocycles. The first-order valence-electron chi connectivity index (χ1n) is 16.6. The van der Waals surface area contributed by atoms with Gasteiger partial charge in [0.05, 0.1) is 43.6 Å². The number of amides is 5. The van der Waals surface area contributed by atoms with Crippen LogP contribution in [-0.2, 0) is 9.59 Å². The molecule has 0 spiro atoms. The zero-order valence-corrected chi connectivity index (χ0v) is 30.8. The van der Waals surface area contributed by atoms with Crippen LogP contribution in [0.2, 0.25) is 0 Å². The number of ether oxygens (including phenoxy) is 2. The van der Waals surface area contributed by atoms with Crippen LogP contribution in [-0.4, -0.2) is 71.1 Å². The van der Waals surface area contributed by atoms with Crippen molar-refractivity contribution < 1.29 is 53.6 Å². The van der Waals surface area contributed by atoms with Gasteiger partial charge >= 0.3 is 5.97 Å². The predicted molar refractivity (Wildman–Crippen MR) is 203 cm³/mol. The molecule has 4 aromatic carbocycles. The molecule has 8 N–H and O–H groups in total. The van der Waals surface area contributed by atoms with Crippen molar-refractivity contribution in [3.05, 3.63) is 95.1 Å². The molecule has 1 atom stereocenters. The van der Waals surface area contributed by atoms with Crippen LogP contribution < -0.4 is 36.1 Å². The van der Waals surface area contributed by atoms with Gasteiger partial charge < -0.3 is 51.4 Å². The number of aromatic carboxylic acids is 1. The Balaban J connectivity index is 1.40. The molecule has 17 nitrogen and oxygen atoms in total. The Bertz CT molecular complexity index is 2220. The summed E-state index contributed by atoms with van der Waals surface area (Å²) in [5.41, 5.74) is -0.439. The van der Waals surface area contributed by atoms with Gasteiger partial charge in [0.2, 0.25) is 11.8 Å². The molecule has 56 heavy (non-hydrogen) atoms. The van der Waals surface area contributed by atoms with Gasteiger partial charge in [-0.1, -0.05) is 20.8 Å². The number of carboxylic acids is 1. The molecular formula is C39H38N6O11. The monoisotopic (exact) mass is 766 g/mol. The van der Waals surface area contributed by atoms with Crippen molar-refractivity contribution in [1.82, 2.24) is 5.32 Å². The minimum Gasteiger partial charge on any atom is -0.504 e. The second-order valence-corrected chi connectivity index (χ2v) is 13.0. The molecule has 0 unspecified atom stereocenters. The highest BCUT2D eigenvalue weighted by Crippen LogP contribution is 2.40. The van der Waals surface area contributed by atoms with E-state index in [1.807, 2.05) is 6.07 Å². The second kappa shape index (κ2) is 17.5. The maximum absolute atomic E-state index is 13.1. The van der Waals surface area contributed by atoms with Gasteiger partial charge in [0.1, 0.15) is 11.6 Å². The molecular weight excluding hydrogens is 728 g/mol. The first-order chi connectivity index (χ1) is 26.5. The van der Waals surface area contributed by atoms with Crippen molar-refractivity contribution in [3.63, 3.8) is 0 Å². The normalized spacial score (nSPS) is 11.2. The molecule has 0 bridgehead atoms. The van der Waals surface area contributed by atoms with E-state index >= 15 is 0 Å². The minimum absolute atomic E-state index is 0.00986.